The average molecular weight is 551 g/mol. The number of carbonyl (C=O) groups is 2. The van der Waals surface area contributed by atoms with E-state index in [1.165, 1.54) is 0 Å². The summed E-state index contributed by atoms with van der Waals surface area (Å²) >= 11 is 0. The van der Waals surface area contributed by atoms with Crippen LogP contribution in [0.15, 0.2) is 42.6 Å². The van der Waals surface area contributed by atoms with Gasteiger partial charge in [0.05, 0.1) is 23.3 Å². The van der Waals surface area contributed by atoms with Crippen LogP contribution in [0.2, 0.25) is 0 Å². The van der Waals surface area contributed by atoms with Crippen LogP contribution in [0.5, 0.6) is 0 Å². The number of pyridine rings is 1. The fourth-order valence-corrected chi connectivity index (χ4v) is 8.41. The Morgan fingerprint density at radius 3 is 2.27 bits per heavy atom. The van der Waals surface area contributed by atoms with E-state index >= 15 is 0 Å². The minimum absolute atomic E-state index is 0.0747. The number of nitrogens with zero attached hydrogens (tertiary/aromatic N) is 4. The van der Waals surface area contributed by atoms with Crippen molar-refractivity contribution < 1.29 is 18.4 Å². The number of aromatic nitrogens is 1. The molecule has 5 atom stereocenters. The number of fused-ring (bicyclic) bond motifs is 1. The number of rotatable bonds is 4. The van der Waals surface area contributed by atoms with Gasteiger partial charge >= 0.3 is 6.03 Å². The largest absolute Gasteiger partial charge is 0.370 e. The zero-order valence-electron chi connectivity index (χ0n) is 22.6. The summed E-state index contributed by atoms with van der Waals surface area (Å²) in [7, 11) is 0. The summed E-state index contributed by atoms with van der Waals surface area (Å²) in [6.45, 7) is 1.72. The molecule has 2 aromatic rings. The highest BCUT2D eigenvalue weighted by atomic mass is 19.3. The van der Waals surface area contributed by atoms with Gasteiger partial charge in [-0.2, -0.15) is 0 Å². The second-order valence-corrected chi connectivity index (χ2v) is 12.6. The molecule has 1 aromatic carbocycles. The summed E-state index contributed by atoms with van der Waals surface area (Å²) < 4.78 is 27.2. The number of alkyl halides is 2. The molecule has 3 heterocycles. The number of amides is 3. The molecule has 4 aliphatic carbocycles. The second-order valence-electron chi connectivity index (χ2n) is 12.6. The van der Waals surface area contributed by atoms with Gasteiger partial charge in [-0.25, -0.2) is 18.6 Å². The molecule has 1 saturated heterocycles. The molecule has 3 amide bonds. The summed E-state index contributed by atoms with van der Waals surface area (Å²) in [6.07, 6.45) is 6.07. The third-order valence-electron chi connectivity index (χ3n) is 10.2. The number of carbonyl (C=O) groups excluding carboxylic acids is 2. The van der Waals surface area contributed by atoms with E-state index in [0.717, 1.165) is 55.0 Å². The van der Waals surface area contributed by atoms with Crippen molar-refractivity contribution in [3.63, 3.8) is 0 Å². The lowest BCUT2D eigenvalue weighted by molar-refractivity contribution is -0.145. The van der Waals surface area contributed by atoms with E-state index < -0.39 is 5.92 Å². The van der Waals surface area contributed by atoms with E-state index in [9.17, 15) is 18.4 Å². The number of benzene rings is 1. The van der Waals surface area contributed by atoms with Gasteiger partial charge in [-0.15, -0.1) is 0 Å². The van der Waals surface area contributed by atoms with Crippen LogP contribution in [-0.4, -0.2) is 55.1 Å². The van der Waals surface area contributed by atoms with E-state index in [-0.39, 0.29) is 36.2 Å². The molecular formula is C30H36F2N6O2. The van der Waals surface area contributed by atoms with Crippen molar-refractivity contribution in [2.75, 3.05) is 40.9 Å². The number of hydrogen-bond acceptors (Lipinski definition) is 5. The van der Waals surface area contributed by atoms with Gasteiger partial charge < -0.3 is 20.9 Å². The van der Waals surface area contributed by atoms with Crippen molar-refractivity contribution in [2.45, 2.75) is 56.9 Å². The number of para-hydroxylation sites is 2. The lowest BCUT2D eigenvalue weighted by Crippen LogP contribution is -2.63. The molecule has 8 rings (SSSR count). The molecule has 0 radical (unpaired) electrons. The van der Waals surface area contributed by atoms with Gasteiger partial charge in [0.25, 0.3) is 5.92 Å². The monoisotopic (exact) mass is 550 g/mol. The third kappa shape index (κ3) is 4.27. The van der Waals surface area contributed by atoms with Crippen molar-refractivity contribution in [3.05, 3.63) is 42.6 Å². The summed E-state index contributed by atoms with van der Waals surface area (Å²) in [6, 6.07) is 11.7. The van der Waals surface area contributed by atoms with Crippen molar-refractivity contribution in [3.8, 4) is 0 Å². The molecule has 40 heavy (non-hydrogen) atoms. The highest BCUT2D eigenvalue weighted by Crippen LogP contribution is 2.60. The van der Waals surface area contributed by atoms with Crippen molar-refractivity contribution in [1.82, 2.24) is 10.3 Å². The molecule has 3 unspecified atom stereocenters. The standard InChI is InChI=1S/C30H36F2N6O2/c31-30(32)7-9-36(10-8-30)22-5-6-25(34-18-22)37-11-12-38(24-4-2-1-3-23(24)37)28(40)35-26-20-13-19-14-21(26)17-29(15-19,16-20)27(33)39/h1-6,18-21,26H,7-17H2,(H2,33,39)(H,35,40)/t19?,20-,21+,26?,29?. The Kier molecular flexibility index (Phi) is 5.94. The quantitative estimate of drug-likeness (QED) is 0.577. The van der Waals surface area contributed by atoms with Crippen LogP contribution in [0, 0.1) is 23.2 Å². The number of halogens is 2. The summed E-state index contributed by atoms with van der Waals surface area (Å²) in [5.41, 5.74) is 8.05. The van der Waals surface area contributed by atoms with Crippen LogP contribution >= 0.6 is 0 Å². The SMILES string of the molecule is NC(=O)C12CC3C[C@H](C1)C(NC(=O)N1CCN(c4ccc(N5CCC(F)(F)CC5)cn4)c4ccccc41)[C@@H](C3)C2. The molecule has 212 valence electrons. The van der Waals surface area contributed by atoms with Crippen LogP contribution < -0.4 is 25.8 Å². The molecule has 3 N–H and O–H groups in total. The van der Waals surface area contributed by atoms with Crippen molar-refractivity contribution >= 4 is 34.8 Å². The van der Waals surface area contributed by atoms with Crippen LogP contribution in [0.3, 0.4) is 0 Å². The van der Waals surface area contributed by atoms with Gasteiger partial charge in [-0.3, -0.25) is 9.69 Å². The highest BCUT2D eigenvalue weighted by molar-refractivity contribution is 5.98. The first-order valence-corrected chi connectivity index (χ1v) is 14.5. The maximum Gasteiger partial charge on any atom is 0.322 e. The van der Waals surface area contributed by atoms with Crippen LogP contribution in [0.1, 0.15) is 44.9 Å². The average Bonchev–Trinajstić information content (AvgIpc) is 2.94. The molecule has 6 aliphatic rings. The second kappa shape index (κ2) is 9.31. The Hall–Kier alpha value is -3.43. The number of hydrogen-bond donors (Lipinski definition) is 2. The molecule has 2 aliphatic heterocycles. The van der Waals surface area contributed by atoms with E-state index in [2.05, 4.69) is 15.2 Å². The van der Waals surface area contributed by atoms with Gasteiger partial charge in [0.2, 0.25) is 5.91 Å². The van der Waals surface area contributed by atoms with Crippen LogP contribution in [0.25, 0.3) is 0 Å². The van der Waals surface area contributed by atoms with Crippen LogP contribution in [-0.2, 0) is 4.79 Å². The number of piperidine rings is 1. The minimum Gasteiger partial charge on any atom is -0.370 e. The predicted octanol–water partition coefficient (Wildman–Crippen LogP) is 4.67. The lowest BCUT2D eigenvalue weighted by atomic mass is 9.47. The van der Waals surface area contributed by atoms with E-state index in [0.29, 0.717) is 43.9 Å². The fraction of sp³-hybridized carbons (Fsp3) is 0.567. The molecule has 5 fully saturated rings. The van der Waals surface area contributed by atoms with Gasteiger partial charge in [0.15, 0.2) is 0 Å². The van der Waals surface area contributed by atoms with Crippen molar-refractivity contribution in [2.24, 2.45) is 28.9 Å². The Morgan fingerprint density at radius 2 is 1.62 bits per heavy atom. The number of nitrogens with one attached hydrogen (secondary N) is 1. The first kappa shape index (κ1) is 25.5. The first-order chi connectivity index (χ1) is 19.2. The summed E-state index contributed by atoms with van der Waals surface area (Å²) in [5.74, 6) is -0.850. The van der Waals surface area contributed by atoms with Gasteiger partial charge in [-0.1, -0.05) is 12.1 Å². The Morgan fingerprint density at radius 1 is 0.925 bits per heavy atom. The molecule has 10 heteroatoms. The topological polar surface area (TPSA) is 94.8 Å². The zero-order valence-corrected chi connectivity index (χ0v) is 22.6. The molecular weight excluding hydrogens is 514 g/mol. The van der Waals surface area contributed by atoms with Gasteiger partial charge in [-0.05, 0) is 74.1 Å². The maximum absolute atomic E-state index is 13.7. The number of primary amides is 1. The van der Waals surface area contributed by atoms with Gasteiger partial charge in [0.1, 0.15) is 5.82 Å². The number of urea groups is 1. The number of nitrogens with two attached hydrogens (primary N) is 1. The summed E-state index contributed by atoms with van der Waals surface area (Å²) in [4.78, 5) is 36.6. The Bertz CT molecular complexity index is 1290. The summed E-state index contributed by atoms with van der Waals surface area (Å²) in [5, 5.41) is 3.37. The molecule has 4 bridgehead atoms. The Balaban J connectivity index is 1.06. The van der Waals surface area contributed by atoms with Crippen molar-refractivity contribution in [1.29, 1.82) is 0 Å². The van der Waals surface area contributed by atoms with Crippen LogP contribution in [0.4, 0.5) is 36.5 Å². The molecule has 0 spiro atoms. The highest BCUT2D eigenvalue weighted by Gasteiger charge is 2.58. The van der Waals surface area contributed by atoms with Gasteiger partial charge in [0, 0.05) is 50.5 Å². The smallest absolute Gasteiger partial charge is 0.322 e. The number of anilines is 4. The van der Waals surface area contributed by atoms with E-state index in [4.69, 9.17) is 5.73 Å². The minimum atomic E-state index is -2.58. The fourth-order valence-electron chi connectivity index (χ4n) is 8.41. The Labute approximate surface area is 232 Å². The zero-order chi connectivity index (χ0) is 27.6. The molecule has 8 nitrogen and oxygen atoms in total. The van der Waals surface area contributed by atoms with E-state index in [1.807, 2.05) is 46.2 Å². The normalized spacial score (nSPS) is 32.1. The third-order valence-corrected chi connectivity index (χ3v) is 10.2. The molecule has 1 aromatic heterocycles. The predicted molar refractivity (Wildman–Crippen MR) is 149 cm³/mol. The maximum atomic E-state index is 13.7. The molecule has 4 saturated carbocycles. The van der Waals surface area contributed by atoms with E-state index in [1.54, 1.807) is 6.20 Å². The first-order valence-electron chi connectivity index (χ1n) is 14.5. The lowest BCUT2D eigenvalue weighted by Gasteiger charge is -2.59.